The molecule has 2 heterocycles. The van der Waals surface area contributed by atoms with Crippen LogP contribution in [0.25, 0.3) is 0 Å². The molecule has 0 N–H and O–H groups in total. The number of hydrogen-bond acceptors (Lipinski definition) is 3. The molecule has 1 aliphatic rings. The number of allylic oxidation sites excluding steroid dienone is 1. The zero-order valence-electron chi connectivity index (χ0n) is 12.3. The fourth-order valence-corrected chi connectivity index (χ4v) is 3.65. The number of nitrogens with zero attached hydrogens (tertiary/aromatic N) is 3. The standard InChI is InChI=1S/C15H23N3S/c1-11(2)9-16-12(3)15-13(4)18(10-17-15)14-7-5-6-8-19-14/h9-10,14H,5-8H2,1-4H3. The normalized spacial score (nSPS) is 20.4. The van der Waals surface area contributed by atoms with E-state index in [4.69, 9.17) is 0 Å². The number of aliphatic imine (C=N–C) groups is 1. The van der Waals surface area contributed by atoms with E-state index in [0.717, 1.165) is 11.4 Å². The highest BCUT2D eigenvalue weighted by Gasteiger charge is 2.19. The molecule has 1 aromatic heterocycles. The molecule has 0 radical (unpaired) electrons. The number of hydrogen-bond donors (Lipinski definition) is 0. The van der Waals surface area contributed by atoms with Gasteiger partial charge in [0.25, 0.3) is 0 Å². The monoisotopic (exact) mass is 277 g/mol. The first kappa shape index (κ1) is 14.4. The van der Waals surface area contributed by atoms with Gasteiger partial charge in [-0.15, -0.1) is 11.8 Å². The lowest BCUT2D eigenvalue weighted by atomic mass is 10.2. The molecule has 1 saturated heterocycles. The molecular weight excluding hydrogens is 254 g/mol. The van der Waals surface area contributed by atoms with E-state index in [-0.39, 0.29) is 0 Å². The first-order valence-electron chi connectivity index (χ1n) is 6.92. The lowest BCUT2D eigenvalue weighted by molar-refractivity contribution is 0.560. The van der Waals surface area contributed by atoms with Crippen LogP contribution in [0.1, 0.15) is 56.8 Å². The summed E-state index contributed by atoms with van der Waals surface area (Å²) in [6.45, 7) is 8.30. The number of imidazole rings is 1. The second-order valence-electron chi connectivity index (χ2n) is 5.33. The predicted octanol–water partition coefficient (Wildman–Crippen LogP) is 4.34. The van der Waals surface area contributed by atoms with E-state index in [1.807, 2.05) is 31.2 Å². The van der Waals surface area contributed by atoms with Crippen LogP contribution in [0, 0.1) is 6.92 Å². The highest BCUT2D eigenvalue weighted by Crippen LogP contribution is 2.35. The van der Waals surface area contributed by atoms with Crippen LogP contribution in [-0.4, -0.2) is 21.0 Å². The molecular formula is C15H23N3S. The van der Waals surface area contributed by atoms with Crippen molar-refractivity contribution in [1.29, 1.82) is 0 Å². The summed E-state index contributed by atoms with van der Waals surface area (Å²) in [5.41, 5.74) is 4.48. The van der Waals surface area contributed by atoms with Crippen LogP contribution >= 0.6 is 11.8 Å². The summed E-state index contributed by atoms with van der Waals surface area (Å²) in [6, 6.07) is 0. The Morgan fingerprint density at radius 1 is 1.42 bits per heavy atom. The zero-order chi connectivity index (χ0) is 13.8. The van der Waals surface area contributed by atoms with E-state index in [0.29, 0.717) is 5.37 Å². The van der Waals surface area contributed by atoms with Crippen molar-refractivity contribution < 1.29 is 0 Å². The molecule has 19 heavy (non-hydrogen) atoms. The molecule has 3 nitrogen and oxygen atoms in total. The maximum Gasteiger partial charge on any atom is 0.105 e. The van der Waals surface area contributed by atoms with Gasteiger partial charge in [-0.3, -0.25) is 4.99 Å². The van der Waals surface area contributed by atoms with Gasteiger partial charge in [0, 0.05) is 11.9 Å². The molecule has 2 rings (SSSR count). The molecule has 1 aromatic rings. The van der Waals surface area contributed by atoms with E-state index in [1.54, 1.807) is 0 Å². The van der Waals surface area contributed by atoms with Gasteiger partial charge in [-0.2, -0.15) is 0 Å². The van der Waals surface area contributed by atoms with Gasteiger partial charge < -0.3 is 4.57 Å². The fourth-order valence-electron chi connectivity index (χ4n) is 2.30. The highest BCUT2D eigenvalue weighted by molar-refractivity contribution is 7.99. The van der Waals surface area contributed by atoms with Gasteiger partial charge in [-0.25, -0.2) is 4.98 Å². The van der Waals surface area contributed by atoms with Crippen LogP contribution in [0.5, 0.6) is 0 Å². The molecule has 0 saturated carbocycles. The van der Waals surface area contributed by atoms with E-state index < -0.39 is 0 Å². The van der Waals surface area contributed by atoms with Gasteiger partial charge in [0.2, 0.25) is 0 Å². The Hall–Kier alpha value is -1.03. The van der Waals surface area contributed by atoms with Crippen molar-refractivity contribution in [3.05, 3.63) is 29.5 Å². The maximum absolute atomic E-state index is 4.56. The van der Waals surface area contributed by atoms with E-state index >= 15 is 0 Å². The van der Waals surface area contributed by atoms with Crippen molar-refractivity contribution in [2.24, 2.45) is 4.99 Å². The quantitative estimate of drug-likeness (QED) is 0.769. The molecule has 1 aliphatic heterocycles. The van der Waals surface area contributed by atoms with Gasteiger partial charge in [0.05, 0.1) is 17.4 Å². The van der Waals surface area contributed by atoms with Gasteiger partial charge in [-0.05, 0) is 52.7 Å². The van der Waals surface area contributed by atoms with Crippen molar-refractivity contribution >= 4 is 17.5 Å². The Bertz CT molecular complexity index is 489. The summed E-state index contributed by atoms with van der Waals surface area (Å²) < 4.78 is 2.32. The number of rotatable bonds is 3. The zero-order valence-corrected chi connectivity index (χ0v) is 13.1. The fraction of sp³-hybridized carbons (Fsp3) is 0.600. The second kappa shape index (κ2) is 6.42. The third-order valence-electron chi connectivity index (χ3n) is 3.37. The number of thioether (sulfide) groups is 1. The highest BCUT2D eigenvalue weighted by atomic mass is 32.2. The predicted molar refractivity (Wildman–Crippen MR) is 84.0 cm³/mol. The average Bonchev–Trinajstić information content (AvgIpc) is 2.79. The SMILES string of the molecule is CC(C)=CN=C(C)c1ncn(C2CCCCS2)c1C. The van der Waals surface area contributed by atoms with E-state index in [2.05, 4.69) is 35.3 Å². The minimum atomic E-state index is 0.561. The summed E-state index contributed by atoms with van der Waals surface area (Å²) in [5.74, 6) is 1.27. The van der Waals surface area contributed by atoms with Crippen molar-refractivity contribution in [1.82, 2.24) is 9.55 Å². The van der Waals surface area contributed by atoms with Crippen molar-refractivity contribution in [2.45, 2.75) is 52.3 Å². The molecule has 0 amide bonds. The van der Waals surface area contributed by atoms with Crippen molar-refractivity contribution in [2.75, 3.05) is 5.75 Å². The summed E-state index contributed by atoms with van der Waals surface area (Å²) in [6.07, 6.45) is 7.82. The third kappa shape index (κ3) is 3.50. The lowest BCUT2D eigenvalue weighted by Crippen LogP contribution is -2.11. The molecule has 0 aliphatic carbocycles. The maximum atomic E-state index is 4.56. The largest absolute Gasteiger partial charge is 0.322 e. The van der Waals surface area contributed by atoms with Gasteiger partial charge in [-0.1, -0.05) is 5.57 Å². The van der Waals surface area contributed by atoms with Crippen LogP contribution < -0.4 is 0 Å². The Morgan fingerprint density at radius 3 is 2.84 bits per heavy atom. The van der Waals surface area contributed by atoms with Crippen LogP contribution in [0.4, 0.5) is 0 Å². The summed E-state index contributed by atoms with van der Waals surface area (Å²) in [7, 11) is 0. The molecule has 0 bridgehead atoms. The smallest absolute Gasteiger partial charge is 0.105 e. The topological polar surface area (TPSA) is 30.2 Å². The molecule has 1 fully saturated rings. The minimum absolute atomic E-state index is 0.561. The Kier molecular flexibility index (Phi) is 4.86. The number of aromatic nitrogens is 2. The molecule has 0 aromatic carbocycles. The molecule has 4 heteroatoms. The summed E-state index contributed by atoms with van der Waals surface area (Å²) in [5, 5.41) is 0.561. The first-order chi connectivity index (χ1) is 9.09. The lowest BCUT2D eigenvalue weighted by Gasteiger charge is -2.23. The van der Waals surface area contributed by atoms with Crippen LogP contribution in [0.15, 0.2) is 23.1 Å². The Labute approximate surface area is 120 Å². The van der Waals surface area contributed by atoms with Crippen LogP contribution in [0.2, 0.25) is 0 Å². The van der Waals surface area contributed by atoms with E-state index in [1.165, 1.54) is 36.3 Å². The van der Waals surface area contributed by atoms with Gasteiger partial charge in [0.1, 0.15) is 5.69 Å². The van der Waals surface area contributed by atoms with Gasteiger partial charge in [0.15, 0.2) is 0 Å². The average molecular weight is 277 g/mol. The summed E-state index contributed by atoms with van der Waals surface area (Å²) in [4.78, 5) is 9.04. The minimum Gasteiger partial charge on any atom is -0.322 e. The summed E-state index contributed by atoms with van der Waals surface area (Å²) >= 11 is 2.04. The van der Waals surface area contributed by atoms with Crippen molar-refractivity contribution in [3.63, 3.8) is 0 Å². The Balaban J connectivity index is 2.22. The van der Waals surface area contributed by atoms with Crippen LogP contribution in [-0.2, 0) is 0 Å². The second-order valence-corrected chi connectivity index (χ2v) is 6.61. The third-order valence-corrected chi connectivity index (χ3v) is 4.74. The Morgan fingerprint density at radius 2 is 2.21 bits per heavy atom. The van der Waals surface area contributed by atoms with Gasteiger partial charge >= 0.3 is 0 Å². The van der Waals surface area contributed by atoms with E-state index in [9.17, 15) is 0 Å². The molecule has 104 valence electrons. The molecule has 0 spiro atoms. The molecule has 1 atom stereocenters. The first-order valence-corrected chi connectivity index (χ1v) is 7.97. The molecule has 1 unspecified atom stereocenters. The van der Waals surface area contributed by atoms with Crippen molar-refractivity contribution in [3.8, 4) is 0 Å². The van der Waals surface area contributed by atoms with Crippen LogP contribution in [0.3, 0.4) is 0 Å².